The highest BCUT2D eigenvalue weighted by Gasteiger charge is 2.12. The van der Waals surface area contributed by atoms with Crippen LogP contribution in [0.2, 0.25) is 0 Å². The van der Waals surface area contributed by atoms with Gasteiger partial charge in [-0.25, -0.2) is 9.07 Å². The van der Waals surface area contributed by atoms with Crippen LogP contribution in [0.4, 0.5) is 10.2 Å². The minimum atomic E-state index is -0.394. The minimum Gasteiger partial charge on any atom is -0.492 e. The molecule has 0 aliphatic heterocycles. The molecule has 0 fully saturated rings. The molecule has 2 N–H and O–H groups in total. The van der Waals surface area contributed by atoms with E-state index in [1.54, 1.807) is 24.4 Å². The van der Waals surface area contributed by atoms with Gasteiger partial charge in [0.1, 0.15) is 17.3 Å². The highest BCUT2D eigenvalue weighted by molar-refractivity contribution is 5.48. The molecule has 0 unspecified atom stereocenters. The monoisotopic (exact) mass is 221 g/mol. The van der Waals surface area contributed by atoms with Gasteiger partial charge in [-0.1, -0.05) is 6.07 Å². The second-order valence-electron chi connectivity index (χ2n) is 3.20. The van der Waals surface area contributed by atoms with Crippen molar-refractivity contribution in [3.05, 3.63) is 36.3 Å². The minimum absolute atomic E-state index is 0.279. The van der Waals surface area contributed by atoms with Crippen LogP contribution in [-0.4, -0.2) is 16.4 Å². The highest BCUT2D eigenvalue weighted by atomic mass is 19.1. The fraction of sp³-hybridized carbons (Fsp3) is 0.182. The van der Waals surface area contributed by atoms with Crippen LogP contribution in [0.3, 0.4) is 0 Å². The van der Waals surface area contributed by atoms with Crippen molar-refractivity contribution in [2.24, 2.45) is 0 Å². The van der Waals surface area contributed by atoms with Gasteiger partial charge in [0, 0.05) is 12.3 Å². The summed E-state index contributed by atoms with van der Waals surface area (Å²) in [5, 5.41) is 3.96. The van der Waals surface area contributed by atoms with E-state index < -0.39 is 5.82 Å². The van der Waals surface area contributed by atoms with Crippen molar-refractivity contribution in [1.29, 1.82) is 0 Å². The zero-order chi connectivity index (χ0) is 11.5. The van der Waals surface area contributed by atoms with E-state index >= 15 is 0 Å². The van der Waals surface area contributed by atoms with Gasteiger partial charge in [0.2, 0.25) is 0 Å². The number of anilines is 1. The molecule has 0 saturated heterocycles. The number of benzene rings is 1. The summed E-state index contributed by atoms with van der Waals surface area (Å²) in [6, 6.07) is 6.24. The molecule has 0 radical (unpaired) electrons. The van der Waals surface area contributed by atoms with Crippen LogP contribution in [0.15, 0.2) is 30.5 Å². The Kier molecular flexibility index (Phi) is 2.76. The number of aromatic nitrogens is 2. The van der Waals surface area contributed by atoms with Gasteiger partial charge >= 0.3 is 0 Å². The summed E-state index contributed by atoms with van der Waals surface area (Å²) in [6.45, 7) is 2.30. The third-order valence-corrected chi connectivity index (χ3v) is 2.09. The van der Waals surface area contributed by atoms with Crippen molar-refractivity contribution < 1.29 is 9.13 Å². The molecular weight excluding hydrogens is 209 g/mol. The Morgan fingerprint density at radius 1 is 1.44 bits per heavy atom. The number of hydrogen-bond acceptors (Lipinski definition) is 3. The summed E-state index contributed by atoms with van der Waals surface area (Å²) in [4.78, 5) is 0. The number of nitrogens with zero attached hydrogens (tertiary/aromatic N) is 2. The van der Waals surface area contributed by atoms with Crippen molar-refractivity contribution >= 4 is 5.82 Å². The van der Waals surface area contributed by atoms with Gasteiger partial charge in [0.15, 0.2) is 5.82 Å². The third-order valence-electron chi connectivity index (χ3n) is 2.09. The normalized spacial score (nSPS) is 10.4. The maximum absolute atomic E-state index is 13.7. The number of ether oxygens (including phenoxy) is 1. The molecule has 0 amide bonds. The lowest BCUT2D eigenvalue weighted by Gasteiger charge is -2.10. The van der Waals surface area contributed by atoms with Gasteiger partial charge in [-0.2, -0.15) is 5.10 Å². The van der Waals surface area contributed by atoms with Gasteiger partial charge in [-0.15, -0.1) is 0 Å². The molecule has 4 nitrogen and oxygen atoms in total. The van der Waals surface area contributed by atoms with Gasteiger partial charge in [-0.3, -0.25) is 0 Å². The quantitative estimate of drug-likeness (QED) is 0.862. The Morgan fingerprint density at radius 2 is 2.25 bits per heavy atom. The smallest absolute Gasteiger partial charge is 0.152 e. The Labute approximate surface area is 92.4 Å². The zero-order valence-corrected chi connectivity index (χ0v) is 8.85. The number of hydrogen-bond donors (Lipinski definition) is 1. The summed E-state index contributed by atoms with van der Waals surface area (Å²) in [7, 11) is 0. The predicted molar refractivity (Wildman–Crippen MR) is 59.1 cm³/mol. The fourth-order valence-corrected chi connectivity index (χ4v) is 1.45. The Morgan fingerprint density at radius 3 is 2.88 bits per heavy atom. The topological polar surface area (TPSA) is 53.1 Å². The summed E-state index contributed by atoms with van der Waals surface area (Å²) in [6.07, 6.45) is 1.59. The lowest BCUT2D eigenvalue weighted by Crippen LogP contribution is -2.04. The molecule has 0 aliphatic carbocycles. The first-order valence-electron chi connectivity index (χ1n) is 4.95. The van der Waals surface area contributed by atoms with Crippen LogP contribution in [0.5, 0.6) is 5.75 Å². The van der Waals surface area contributed by atoms with Crippen LogP contribution >= 0.6 is 0 Å². The van der Waals surface area contributed by atoms with Crippen molar-refractivity contribution in [3.63, 3.8) is 0 Å². The molecule has 0 bridgehead atoms. The second kappa shape index (κ2) is 4.22. The van der Waals surface area contributed by atoms with Crippen molar-refractivity contribution in [1.82, 2.24) is 9.78 Å². The van der Waals surface area contributed by atoms with E-state index in [0.29, 0.717) is 18.2 Å². The molecule has 2 rings (SSSR count). The van der Waals surface area contributed by atoms with Gasteiger partial charge in [0.25, 0.3) is 0 Å². The lowest BCUT2D eigenvalue weighted by molar-refractivity contribution is 0.336. The maximum Gasteiger partial charge on any atom is 0.152 e. The van der Waals surface area contributed by atoms with E-state index in [-0.39, 0.29) is 5.69 Å². The van der Waals surface area contributed by atoms with Crippen LogP contribution < -0.4 is 10.5 Å². The number of nitrogen functional groups attached to an aromatic ring is 1. The molecule has 0 atom stereocenters. The summed E-state index contributed by atoms with van der Waals surface area (Å²) < 4.78 is 20.4. The standard InChI is InChI=1S/C11H12FN3O/c1-2-16-9-5-3-4-8(12)11(9)15-7-6-10(13)14-15/h3-7H,2H2,1H3,(H2,13,14). The van der Waals surface area contributed by atoms with Crippen LogP contribution in [0.1, 0.15) is 6.92 Å². The van der Waals surface area contributed by atoms with Gasteiger partial charge in [-0.05, 0) is 19.1 Å². The molecule has 84 valence electrons. The van der Waals surface area contributed by atoms with Crippen LogP contribution in [-0.2, 0) is 0 Å². The first-order chi connectivity index (χ1) is 7.72. The number of halogens is 1. The largest absolute Gasteiger partial charge is 0.492 e. The molecule has 2 aromatic rings. The van der Waals surface area contributed by atoms with E-state index in [4.69, 9.17) is 10.5 Å². The zero-order valence-electron chi connectivity index (χ0n) is 8.85. The first kappa shape index (κ1) is 10.5. The molecule has 0 spiro atoms. The van der Waals surface area contributed by atoms with E-state index in [2.05, 4.69) is 5.10 Å². The Bertz CT molecular complexity index is 496. The average molecular weight is 221 g/mol. The lowest BCUT2D eigenvalue weighted by atomic mass is 10.3. The predicted octanol–water partition coefficient (Wildman–Crippen LogP) is 1.99. The number of para-hydroxylation sites is 1. The number of rotatable bonds is 3. The molecule has 0 aliphatic rings. The molecule has 16 heavy (non-hydrogen) atoms. The third kappa shape index (κ3) is 1.84. The summed E-state index contributed by atoms with van der Waals surface area (Å²) in [5.41, 5.74) is 5.77. The van der Waals surface area contributed by atoms with E-state index in [0.717, 1.165) is 0 Å². The summed E-state index contributed by atoms with van der Waals surface area (Å²) >= 11 is 0. The molecule has 5 heteroatoms. The van der Waals surface area contributed by atoms with Crippen molar-refractivity contribution in [2.45, 2.75) is 6.92 Å². The van der Waals surface area contributed by atoms with Crippen molar-refractivity contribution in [3.8, 4) is 11.4 Å². The Balaban J connectivity index is 2.53. The summed E-state index contributed by atoms with van der Waals surface area (Å²) in [5.74, 6) is 0.394. The first-order valence-corrected chi connectivity index (χ1v) is 4.95. The van der Waals surface area contributed by atoms with Crippen LogP contribution in [0, 0.1) is 5.82 Å². The maximum atomic E-state index is 13.7. The second-order valence-corrected chi connectivity index (χ2v) is 3.20. The van der Waals surface area contributed by atoms with E-state index in [9.17, 15) is 4.39 Å². The van der Waals surface area contributed by atoms with Gasteiger partial charge < -0.3 is 10.5 Å². The fourth-order valence-electron chi connectivity index (χ4n) is 1.45. The number of nitrogens with two attached hydrogens (primary N) is 1. The van der Waals surface area contributed by atoms with Gasteiger partial charge in [0.05, 0.1) is 6.61 Å². The highest BCUT2D eigenvalue weighted by Crippen LogP contribution is 2.25. The molecule has 1 heterocycles. The van der Waals surface area contributed by atoms with E-state index in [1.807, 2.05) is 6.92 Å². The molecule has 1 aromatic heterocycles. The van der Waals surface area contributed by atoms with Crippen molar-refractivity contribution in [2.75, 3.05) is 12.3 Å². The molecule has 0 saturated carbocycles. The SMILES string of the molecule is CCOc1cccc(F)c1-n1ccc(N)n1. The van der Waals surface area contributed by atoms with Crippen LogP contribution in [0.25, 0.3) is 5.69 Å². The Hall–Kier alpha value is -2.04. The molecule has 1 aromatic carbocycles. The average Bonchev–Trinajstić information content (AvgIpc) is 2.65. The molecular formula is C11H12FN3O. The van der Waals surface area contributed by atoms with E-state index in [1.165, 1.54) is 10.7 Å².